The van der Waals surface area contributed by atoms with E-state index in [4.69, 9.17) is 0 Å². The molecule has 0 aliphatic carbocycles. The van der Waals surface area contributed by atoms with Crippen molar-refractivity contribution >= 4 is 44.1 Å². The number of amides is 1. The smallest absolute Gasteiger partial charge is 0.274 e. The van der Waals surface area contributed by atoms with Crippen LogP contribution in [-0.2, 0) is 6.42 Å². The largest absolute Gasteiger partial charge is 0.354 e. The van der Waals surface area contributed by atoms with E-state index in [1.807, 2.05) is 12.1 Å². The van der Waals surface area contributed by atoms with Crippen molar-refractivity contribution in [2.75, 3.05) is 5.32 Å². The number of thiazole rings is 1. The van der Waals surface area contributed by atoms with E-state index in [2.05, 4.69) is 43.3 Å². The van der Waals surface area contributed by atoms with Crippen LogP contribution in [0.15, 0.2) is 34.9 Å². The van der Waals surface area contributed by atoms with Crippen molar-refractivity contribution < 1.29 is 9.59 Å². The molecule has 5 nitrogen and oxygen atoms in total. The van der Waals surface area contributed by atoms with Gasteiger partial charge in [0.15, 0.2) is 10.9 Å². The van der Waals surface area contributed by atoms with Gasteiger partial charge in [-0.2, -0.15) is 0 Å². The summed E-state index contributed by atoms with van der Waals surface area (Å²) in [6.45, 7) is 5.07. The molecule has 3 aromatic rings. The molecular formula is C19H18BrN3O2S. The summed E-state index contributed by atoms with van der Waals surface area (Å²) >= 11 is 4.87. The van der Waals surface area contributed by atoms with E-state index in [9.17, 15) is 9.59 Å². The Balaban J connectivity index is 1.73. The van der Waals surface area contributed by atoms with Gasteiger partial charge in [0.25, 0.3) is 5.91 Å². The summed E-state index contributed by atoms with van der Waals surface area (Å²) in [7, 11) is 0. The monoisotopic (exact) mass is 431 g/mol. The van der Waals surface area contributed by atoms with Gasteiger partial charge in [-0.05, 0) is 44.0 Å². The average Bonchev–Trinajstić information content (AvgIpc) is 3.13. The Kier molecular flexibility index (Phi) is 5.38. The Hall–Kier alpha value is -2.25. The average molecular weight is 432 g/mol. The first-order chi connectivity index (χ1) is 12.3. The Labute approximate surface area is 164 Å². The van der Waals surface area contributed by atoms with Gasteiger partial charge < -0.3 is 4.98 Å². The number of ketones is 1. The van der Waals surface area contributed by atoms with Gasteiger partial charge in [-0.15, -0.1) is 11.3 Å². The molecule has 0 unspecified atom stereocenters. The van der Waals surface area contributed by atoms with Crippen LogP contribution in [0.1, 0.15) is 49.5 Å². The summed E-state index contributed by atoms with van der Waals surface area (Å²) in [4.78, 5) is 32.6. The first kappa shape index (κ1) is 18.5. The molecule has 3 rings (SSSR count). The van der Waals surface area contributed by atoms with Crippen molar-refractivity contribution in [3.05, 3.63) is 67.9 Å². The summed E-state index contributed by atoms with van der Waals surface area (Å²) in [6.07, 6.45) is 2.53. The topological polar surface area (TPSA) is 74.8 Å². The lowest BCUT2D eigenvalue weighted by atomic mass is 10.1. The number of benzene rings is 1. The zero-order chi connectivity index (χ0) is 18.8. The molecule has 2 N–H and O–H groups in total. The van der Waals surface area contributed by atoms with Crippen LogP contribution in [0, 0.1) is 13.8 Å². The molecule has 134 valence electrons. The first-order valence-electron chi connectivity index (χ1n) is 8.05. The van der Waals surface area contributed by atoms with Crippen molar-refractivity contribution in [2.24, 2.45) is 0 Å². The molecule has 1 aromatic carbocycles. The lowest BCUT2D eigenvalue weighted by Crippen LogP contribution is -2.13. The Morgan fingerprint density at radius 2 is 1.92 bits per heavy atom. The van der Waals surface area contributed by atoms with E-state index >= 15 is 0 Å². The third-order valence-electron chi connectivity index (χ3n) is 4.08. The van der Waals surface area contributed by atoms with Crippen LogP contribution >= 0.6 is 27.3 Å². The molecule has 2 aromatic heterocycles. The van der Waals surface area contributed by atoms with Crippen molar-refractivity contribution in [1.82, 2.24) is 9.97 Å². The Morgan fingerprint density at radius 3 is 2.54 bits per heavy atom. The van der Waals surface area contributed by atoms with Crippen LogP contribution in [0.2, 0.25) is 0 Å². The number of hydrogen-bond acceptors (Lipinski definition) is 4. The molecule has 0 bridgehead atoms. The minimum Gasteiger partial charge on any atom is -0.354 e. The number of hydrogen-bond donors (Lipinski definition) is 2. The van der Waals surface area contributed by atoms with E-state index in [1.54, 1.807) is 20.0 Å². The number of aromatic nitrogens is 2. The van der Waals surface area contributed by atoms with Gasteiger partial charge in [0, 0.05) is 33.2 Å². The van der Waals surface area contributed by atoms with Gasteiger partial charge in [-0.1, -0.05) is 28.1 Å². The van der Waals surface area contributed by atoms with Crippen molar-refractivity contribution in [1.29, 1.82) is 0 Å². The minimum absolute atomic E-state index is 0.0543. The molecule has 0 spiro atoms. The number of halogens is 1. The number of rotatable bonds is 5. The first-order valence-corrected chi connectivity index (χ1v) is 9.66. The van der Waals surface area contributed by atoms with Gasteiger partial charge in [0.05, 0.1) is 0 Å². The maximum Gasteiger partial charge on any atom is 0.274 e. The van der Waals surface area contributed by atoms with Crippen LogP contribution in [-0.4, -0.2) is 21.7 Å². The molecule has 7 heteroatoms. The van der Waals surface area contributed by atoms with Crippen molar-refractivity contribution in [2.45, 2.75) is 27.2 Å². The van der Waals surface area contributed by atoms with Crippen LogP contribution in [0.25, 0.3) is 0 Å². The standard InChI is InChI=1S/C19H18BrN3O2S/c1-10-16(12(3)24)11(2)22-17(10)18(25)23-19-21-9-15(26-19)8-13-4-6-14(20)7-5-13/h4-7,9,22H,8H2,1-3H3,(H,21,23,25). The maximum absolute atomic E-state index is 12.5. The highest BCUT2D eigenvalue weighted by molar-refractivity contribution is 9.10. The molecule has 0 radical (unpaired) electrons. The second-order valence-electron chi connectivity index (χ2n) is 6.07. The zero-order valence-corrected chi connectivity index (χ0v) is 17.0. The molecule has 0 atom stereocenters. The van der Waals surface area contributed by atoms with E-state index < -0.39 is 0 Å². The number of nitrogens with zero attached hydrogens (tertiary/aromatic N) is 1. The number of H-pyrrole nitrogens is 1. The number of anilines is 1. The third kappa shape index (κ3) is 3.94. The van der Waals surface area contributed by atoms with Crippen LogP contribution in [0.3, 0.4) is 0 Å². The summed E-state index contributed by atoms with van der Waals surface area (Å²) in [6, 6.07) is 8.11. The fourth-order valence-electron chi connectivity index (χ4n) is 2.92. The Morgan fingerprint density at radius 1 is 1.23 bits per heavy atom. The van der Waals surface area contributed by atoms with Crippen LogP contribution in [0.5, 0.6) is 0 Å². The molecular weight excluding hydrogens is 414 g/mol. The number of nitrogens with one attached hydrogen (secondary N) is 2. The third-order valence-corrected chi connectivity index (χ3v) is 5.52. The fraction of sp³-hybridized carbons (Fsp3) is 0.211. The molecule has 2 heterocycles. The van der Waals surface area contributed by atoms with Crippen LogP contribution < -0.4 is 5.32 Å². The highest BCUT2D eigenvalue weighted by atomic mass is 79.9. The second kappa shape index (κ2) is 7.55. The molecule has 0 fully saturated rings. The Bertz CT molecular complexity index is 973. The predicted octanol–water partition coefficient (Wildman–Crippen LogP) is 4.90. The summed E-state index contributed by atoms with van der Waals surface area (Å²) in [5.41, 5.74) is 3.52. The van der Waals surface area contributed by atoms with E-state index in [-0.39, 0.29) is 11.7 Å². The molecule has 0 saturated carbocycles. The van der Waals surface area contributed by atoms with E-state index in [1.165, 1.54) is 23.8 Å². The molecule has 0 aliphatic rings. The molecule has 0 saturated heterocycles. The zero-order valence-electron chi connectivity index (χ0n) is 14.6. The van der Waals surface area contributed by atoms with Gasteiger partial charge >= 0.3 is 0 Å². The normalized spacial score (nSPS) is 10.8. The van der Waals surface area contributed by atoms with Gasteiger partial charge in [0.1, 0.15) is 5.69 Å². The minimum atomic E-state index is -0.289. The number of carbonyl (C=O) groups is 2. The fourth-order valence-corrected chi connectivity index (χ4v) is 4.02. The molecule has 1 amide bonds. The highest BCUT2D eigenvalue weighted by Gasteiger charge is 2.20. The van der Waals surface area contributed by atoms with Crippen LogP contribution in [0.4, 0.5) is 5.13 Å². The number of carbonyl (C=O) groups excluding carboxylic acids is 2. The maximum atomic E-state index is 12.5. The lowest BCUT2D eigenvalue weighted by Gasteiger charge is -2.01. The molecule has 0 aliphatic heterocycles. The summed E-state index contributed by atoms with van der Waals surface area (Å²) < 4.78 is 1.04. The van der Waals surface area contributed by atoms with Crippen molar-refractivity contribution in [3.63, 3.8) is 0 Å². The number of aryl methyl sites for hydroxylation is 1. The lowest BCUT2D eigenvalue weighted by molar-refractivity contribution is 0.101. The van der Waals surface area contributed by atoms with Crippen molar-refractivity contribution in [3.8, 4) is 0 Å². The SMILES string of the molecule is CC(=O)c1c(C)[nH]c(C(=O)Nc2ncc(Cc3ccc(Br)cc3)s2)c1C. The molecule has 26 heavy (non-hydrogen) atoms. The quantitative estimate of drug-likeness (QED) is 0.564. The number of aromatic amines is 1. The van der Waals surface area contributed by atoms with Gasteiger partial charge in [-0.25, -0.2) is 4.98 Å². The highest BCUT2D eigenvalue weighted by Crippen LogP contribution is 2.24. The summed E-state index contributed by atoms with van der Waals surface area (Å²) in [5, 5.41) is 3.35. The second-order valence-corrected chi connectivity index (χ2v) is 8.10. The number of Topliss-reactive ketones (excluding diaryl/α,β-unsaturated/α-hetero) is 1. The van der Waals surface area contributed by atoms with Gasteiger partial charge in [0.2, 0.25) is 0 Å². The van der Waals surface area contributed by atoms with Gasteiger partial charge in [-0.3, -0.25) is 14.9 Å². The predicted molar refractivity (Wildman–Crippen MR) is 107 cm³/mol. The van der Waals surface area contributed by atoms with E-state index in [0.29, 0.717) is 27.6 Å². The van der Waals surface area contributed by atoms with E-state index in [0.717, 1.165) is 15.8 Å². The summed E-state index contributed by atoms with van der Waals surface area (Å²) in [5.74, 6) is -0.344.